The molecule has 6 rings (SSSR count). The number of urea groups is 1. The van der Waals surface area contributed by atoms with Gasteiger partial charge < -0.3 is 35.8 Å². The first-order valence-corrected chi connectivity index (χ1v) is 18.9. The van der Waals surface area contributed by atoms with Gasteiger partial charge in [-0.25, -0.2) is 9.59 Å². The van der Waals surface area contributed by atoms with Crippen LogP contribution in [-0.2, 0) is 35.1 Å². The van der Waals surface area contributed by atoms with Crippen molar-refractivity contribution in [3.05, 3.63) is 66.2 Å². The van der Waals surface area contributed by atoms with E-state index in [-0.39, 0.29) is 30.2 Å². The first-order valence-electron chi connectivity index (χ1n) is 18.9. The smallest absolute Gasteiger partial charge is 0.328 e. The van der Waals surface area contributed by atoms with Crippen LogP contribution < -0.4 is 21.3 Å². The van der Waals surface area contributed by atoms with Crippen molar-refractivity contribution in [3.8, 4) is 0 Å². The van der Waals surface area contributed by atoms with Crippen molar-refractivity contribution >= 4 is 41.3 Å². The molecule has 6 amide bonds. The number of hydrogen-bond donors (Lipinski definition) is 4. The number of para-hydroxylation sites is 1. The van der Waals surface area contributed by atoms with Gasteiger partial charge in [-0.05, 0) is 69.2 Å². The molecular formula is C39H51N7O7. The fourth-order valence-corrected chi connectivity index (χ4v) is 8.04. The number of anilines is 1. The predicted octanol–water partition coefficient (Wildman–Crippen LogP) is 2.05. The van der Waals surface area contributed by atoms with Crippen molar-refractivity contribution in [2.45, 2.75) is 95.0 Å². The molecule has 4 aliphatic heterocycles. The zero-order valence-electron chi connectivity index (χ0n) is 30.5. The molecule has 0 aromatic heterocycles. The van der Waals surface area contributed by atoms with Crippen LogP contribution in [0.3, 0.4) is 0 Å². The van der Waals surface area contributed by atoms with E-state index >= 15 is 0 Å². The number of piperidine rings is 1. The largest absolute Gasteiger partial charge is 0.461 e. The molecule has 4 heterocycles. The number of nitrogens with one attached hydrogen (secondary N) is 4. The number of amides is 6. The van der Waals surface area contributed by atoms with Crippen molar-refractivity contribution in [2.75, 3.05) is 38.1 Å². The van der Waals surface area contributed by atoms with Crippen LogP contribution in [0.1, 0.15) is 57.9 Å². The number of carbonyl (C=O) groups is 6. The molecule has 4 aliphatic rings. The Balaban J connectivity index is 1.27. The van der Waals surface area contributed by atoms with Crippen molar-refractivity contribution in [1.82, 2.24) is 30.7 Å². The van der Waals surface area contributed by atoms with E-state index in [4.69, 9.17) is 4.74 Å². The monoisotopic (exact) mass is 729 g/mol. The Morgan fingerprint density at radius 3 is 2.34 bits per heavy atom. The highest BCUT2D eigenvalue weighted by atomic mass is 16.5. The average Bonchev–Trinajstić information content (AvgIpc) is 3.79. The average molecular weight is 730 g/mol. The van der Waals surface area contributed by atoms with E-state index in [1.807, 2.05) is 43.3 Å². The third-order valence-corrected chi connectivity index (χ3v) is 10.8. The Morgan fingerprint density at radius 2 is 1.58 bits per heavy atom. The Hall–Kier alpha value is -4.98. The fraction of sp³-hybridized carbons (Fsp3) is 0.538. The van der Waals surface area contributed by atoms with Crippen molar-refractivity contribution in [2.24, 2.45) is 5.92 Å². The minimum atomic E-state index is -1.26. The molecule has 53 heavy (non-hydrogen) atoms. The topological polar surface area (TPSA) is 169 Å². The van der Waals surface area contributed by atoms with Gasteiger partial charge in [-0.1, -0.05) is 61.9 Å². The number of benzene rings is 2. The number of ether oxygens (including phenoxy) is 1. The van der Waals surface area contributed by atoms with Crippen LogP contribution >= 0.6 is 0 Å². The molecule has 0 saturated carbocycles. The molecule has 4 N–H and O–H groups in total. The highest BCUT2D eigenvalue weighted by Gasteiger charge is 2.43. The van der Waals surface area contributed by atoms with Gasteiger partial charge in [-0.15, -0.1) is 0 Å². The second-order valence-corrected chi connectivity index (χ2v) is 14.8. The van der Waals surface area contributed by atoms with Gasteiger partial charge in [0.2, 0.25) is 23.6 Å². The van der Waals surface area contributed by atoms with Crippen LogP contribution in [0.4, 0.5) is 10.5 Å². The molecule has 0 radical (unpaired) electrons. The lowest BCUT2D eigenvalue weighted by atomic mass is 9.99. The molecule has 0 unspecified atom stereocenters. The fourth-order valence-electron chi connectivity index (χ4n) is 8.04. The van der Waals surface area contributed by atoms with E-state index < -0.39 is 60.6 Å². The standard InChI is InChI=1S/C39H51N7O7/c1-25-20-33-38(51)53-24-31(42-34(47)30(21-27-12-5-3-6-13-27)43-39(52)41-28-14-7-4-8-15-28)37(50)45-19-11-16-29(45)23-44-18-10-9-17-32(44)35(48)40-26(2)36(49)46(33)22-25/h3-8,12-15,25-26,29-33H,9-11,16-24H2,1-2H3,(H,40,48)(H,42,47)(H2,41,43,52)/t25-,26+,29+,30+,31+,32+,33+/m1/s1. The minimum absolute atomic E-state index is 0.00432. The van der Waals surface area contributed by atoms with Gasteiger partial charge >= 0.3 is 12.0 Å². The van der Waals surface area contributed by atoms with E-state index in [0.717, 1.165) is 24.8 Å². The van der Waals surface area contributed by atoms with Gasteiger partial charge in [0.15, 0.2) is 0 Å². The van der Waals surface area contributed by atoms with Gasteiger partial charge in [0.25, 0.3) is 0 Å². The maximum atomic E-state index is 14.5. The normalized spacial score (nSPS) is 27.8. The van der Waals surface area contributed by atoms with Crippen LogP contribution in [0, 0.1) is 5.92 Å². The zero-order chi connectivity index (χ0) is 37.5. The van der Waals surface area contributed by atoms with Crippen LogP contribution in [-0.4, -0.2) is 119 Å². The summed E-state index contributed by atoms with van der Waals surface area (Å²) in [6.07, 6.45) is 4.36. The number of carbonyl (C=O) groups excluding carboxylic acids is 6. The van der Waals surface area contributed by atoms with Gasteiger partial charge in [0, 0.05) is 37.8 Å². The summed E-state index contributed by atoms with van der Waals surface area (Å²) in [5.74, 6) is -2.32. The van der Waals surface area contributed by atoms with E-state index in [2.05, 4.69) is 26.2 Å². The Morgan fingerprint density at radius 1 is 0.849 bits per heavy atom. The zero-order valence-corrected chi connectivity index (χ0v) is 30.5. The molecule has 0 aliphatic carbocycles. The van der Waals surface area contributed by atoms with Crippen LogP contribution in [0.5, 0.6) is 0 Å². The molecule has 0 spiro atoms. The van der Waals surface area contributed by atoms with Crippen molar-refractivity contribution < 1.29 is 33.5 Å². The molecule has 2 aromatic carbocycles. The molecular weight excluding hydrogens is 678 g/mol. The number of esters is 1. The van der Waals surface area contributed by atoms with Gasteiger partial charge in [-0.3, -0.25) is 24.1 Å². The first kappa shape index (κ1) is 37.8. The summed E-state index contributed by atoms with van der Waals surface area (Å²) < 4.78 is 5.79. The van der Waals surface area contributed by atoms with Crippen LogP contribution in [0.25, 0.3) is 0 Å². The molecule has 4 fully saturated rings. The van der Waals surface area contributed by atoms with E-state index in [1.54, 1.807) is 36.1 Å². The predicted molar refractivity (Wildman–Crippen MR) is 196 cm³/mol. The lowest BCUT2D eigenvalue weighted by Gasteiger charge is -2.39. The number of nitrogens with zero attached hydrogens (tertiary/aromatic N) is 3. The number of cyclic esters (lactones) is 1. The molecule has 14 nitrogen and oxygen atoms in total. The highest BCUT2D eigenvalue weighted by Crippen LogP contribution is 2.27. The van der Waals surface area contributed by atoms with Gasteiger partial charge in [0.05, 0.1) is 6.04 Å². The lowest BCUT2D eigenvalue weighted by Crippen LogP contribution is -2.60. The Bertz CT molecular complexity index is 1640. The van der Waals surface area contributed by atoms with Crippen molar-refractivity contribution in [3.63, 3.8) is 0 Å². The summed E-state index contributed by atoms with van der Waals surface area (Å²) in [6.45, 7) is 5.03. The molecule has 2 aromatic rings. The second kappa shape index (κ2) is 17.2. The maximum absolute atomic E-state index is 14.5. The molecule has 0 bridgehead atoms. The third-order valence-electron chi connectivity index (χ3n) is 10.8. The minimum Gasteiger partial charge on any atom is -0.461 e. The van der Waals surface area contributed by atoms with E-state index in [9.17, 15) is 28.8 Å². The second-order valence-electron chi connectivity index (χ2n) is 14.8. The highest BCUT2D eigenvalue weighted by molar-refractivity contribution is 5.96. The summed E-state index contributed by atoms with van der Waals surface area (Å²) in [4.78, 5) is 88.1. The SMILES string of the molecule is C[C@@H]1C[C@H]2C(=O)OC[C@H](NC(=O)[C@H](Cc3ccccc3)NC(=O)Nc3ccccc3)C(=O)N3CCC[C@H]3CN3CCCC[C@H]3C(=O)N[C@@H](C)C(=O)N2C1. The quantitative estimate of drug-likeness (QED) is 0.328. The molecule has 4 saturated heterocycles. The van der Waals surface area contributed by atoms with E-state index in [1.165, 1.54) is 4.90 Å². The Kier molecular flexibility index (Phi) is 12.3. The van der Waals surface area contributed by atoms with Gasteiger partial charge in [-0.2, -0.15) is 0 Å². The summed E-state index contributed by atoms with van der Waals surface area (Å²) in [7, 11) is 0. The lowest BCUT2D eigenvalue weighted by molar-refractivity contribution is -0.156. The summed E-state index contributed by atoms with van der Waals surface area (Å²) in [5.41, 5.74) is 1.33. The molecule has 284 valence electrons. The molecule has 7 atom stereocenters. The first-order chi connectivity index (χ1) is 25.6. The van der Waals surface area contributed by atoms with Crippen LogP contribution in [0.2, 0.25) is 0 Å². The number of rotatable bonds is 6. The van der Waals surface area contributed by atoms with Crippen LogP contribution in [0.15, 0.2) is 60.7 Å². The summed E-state index contributed by atoms with van der Waals surface area (Å²) in [5, 5.41) is 11.3. The number of fused-ring (bicyclic) bond motifs is 3. The van der Waals surface area contributed by atoms with E-state index in [0.29, 0.717) is 51.1 Å². The Labute approximate surface area is 310 Å². The summed E-state index contributed by atoms with van der Waals surface area (Å²) in [6, 6.07) is 12.6. The van der Waals surface area contributed by atoms with Gasteiger partial charge in [0.1, 0.15) is 30.8 Å². The third kappa shape index (κ3) is 9.34. The van der Waals surface area contributed by atoms with Crippen molar-refractivity contribution in [1.29, 1.82) is 0 Å². The molecule has 14 heteroatoms. The number of hydrogen-bond acceptors (Lipinski definition) is 8. The maximum Gasteiger partial charge on any atom is 0.328 e. The summed E-state index contributed by atoms with van der Waals surface area (Å²) >= 11 is 0.